The lowest BCUT2D eigenvalue weighted by Gasteiger charge is -2.26. The number of nitrogens with one attached hydrogen (secondary N) is 1. The molecule has 0 bridgehead atoms. The van der Waals surface area contributed by atoms with Crippen LogP contribution in [0.15, 0.2) is 51.9 Å². The van der Waals surface area contributed by atoms with Crippen LogP contribution in [-0.4, -0.2) is 38.5 Å². The highest BCUT2D eigenvalue weighted by molar-refractivity contribution is 7.99. The van der Waals surface area contributed by atoms with Gasteiger partial charge in [-0.1, -0.05) is 12.1 Å². The number of aromatic nitrogens is 2. The highest BCUT2D eigenvalue weighted by atomic mass is 32.2. The number of thioether (sulfide) groups is 1. The number of furan rings is 1. The van der Waals surface area contributed by atoms with Gasteiger partial charge in [0.15, 0.2) is 11.9 Å². The number of hydrogen-bond donors (Lipinski definition) is 1. The number of H-pyrrole nitrogens is 1. The number of rotatable bonds is 4. The molecule has 3 aromatic rings. The Morgan fingerprint density at radius 1 is 1.31 bits per heavy atom. The van der Waals surface area contributed by atoms with Crippen LogP contribution in [0.4, 0.5) is 0 Å². The summed E-state index contributed by atoms with van der Waals surface area (Å²) < 4.78 is 11.0. The molecule has 1 fully saturated rings. The van der Waals surface area contributed by atoms with E-state index in [4.69, 9.17) is 9.15 Å². The number of esters is 1. The molecule has 3 heterocycles. The summed E-state index contributed by atoms with van der Waals surface area (Å²) in [5.74, 6) is 0.449. The lowest BCUT2D eigenvalue weighted by molar-refractivity contribution is -0.158. The molecule has 1 aromatic carbocycles. The minimum absolute atomic E-state index is 0.247. The van der Waals surface area contributed by atoms with Crippen molar-refractivity contribution in [2.45, 2.75) is 31.4 Å². The predicted octanol–water partition coefficient (Wildman–Crippen LogP) is 2.78. The van der Waals surface area contributed by atoms with Crippen molar-refractivity contribution in [3.63, 3.8) is 0 Å². The molecule has 1 amide bonds. The van der Waals surface area contributed by atoms with Crippen molar-refractivity contribution in [2.24, 2.45) is 0 Å². The van der Waals surface area contributed by atoms with E-state index in [-0.39, 0.29) is 22.7 Å². The SMILES string of the molecule is CC(=O)N1[C@@H](c2ccco2)SC[C@H]1C(=O)O[C@@H](C)c1nc2ccccc2c(=O)[nH]1. The van der Waals surface area contributed by atoms with E-state index >= 15 is 0 Å². The Morgan fingerprint density at radius 2 is 2.10 bits per heavy atom. The molecule has 1 saturated heterocycles. The molecule has 1 N–H and O–H groups in total. The van der Waals surface area contributed by atoms with Crippen molar-refractivity contribution < 1.29 is 18.7 Å². The molecule has 0 radical (unpaired) electrons. The highest BCUT2D eigenvalue weighted by Gasteiger charge is 2.43. The molecular weight excluding hydrogens is 394 g/mol. The average molecular weight is 413 g/mol. The summed E-state index contributed by atoms with van der Waals surface area (Å²) in [5, 5.41) is 0.0833. The first-order valence-corrected chi connectivity index (χ1v) is 10.1. The Bertz CT molecular complexity index is 1110. The summed E-state index contributed by atoms with van der Waals surface area (Å²) in [6.45, 7) is 3.04. The van der Waals surface area contributed by atoms with Crippen molar-refractivity contribution >= 4 is 34.5 Å². The van der Waals surface area contributed by atoms with Crippen LogP contribution in [0.1, 0.15) is 36.9 Å². The average Bonchev–Trinajstić information content (AvgIpc) is 3.37. The van der Waals surface area contributed by atoms with Crippen LogP contribution >= 0.6 is 11.8 Å². The summed E-state index contributed by atoms with van der Waals surface area (Å²) in [5.41, 5.74) is 0.224. The molecule has 8 nitrogen and oxygen atoms in total. The molecule has 29 heavy (non-hydrogen) atoms. The lowest BCUT2D eigenvalue weighted by atomic mass is 10.2. The van der Waals surface area contributed by atoms with Gasteiger partial charge in [0.1, 0.15) is 17.2 Å². The fourth-order valence-electron chi connectivity index (χ4n) is 3.33. The minimum Gasteiger partial charge on any atom is -0.466 e. The van der Waals surface area contributed by atoms with Gasteiger partial charge in [-0.05, 0) is 31.2 Å². The van der Waals surface area contributed by atoms with E-state index in [1.54, 1.807) is 43.3 Å². The van der Waals surface area contributed by atoms with E-state index in [0.29, 0.717) is 22.4 Å². The zero-order valence-electron chi connectivity index (χ0n) is 15.8. The topological polar surface area (TPSA) is 106 Å². The van der Waals surface area contributed by atoms with E-state index in [1.165, 1.54) is 29.8 Å². The van der Waals surface area contributed by atoms with Crippen LogP contribution in [0.2, 0.25) is 0 Å². The largest absolute Gasteiger partial charge is 0.466 e. The third-order valence-electron chi connectivity index (χ3n) is 4.73. The third-order valence-corrected chi connectivity index (χ3v) is 6.02. The van der Waals surface area contributed by atoms with Crippen LogP contribution in [0.25, 0.3) is 10.9 Å². The van der Waals surface area contributed by atoms with Crippen LogP contribution in [0.5, 0.6) is 0 Å². The smallest absolute Gasteiger partial charge is 0.330 e. The summed E-state index contributed by atoms with van der Waals surface area (Å²) >= 11 is 1.44. The molecule has 9 heteroatoms. The van der Waals surface area contributed by atoms with E-state index in [9.17, 15) is 14.4 Å². The molecule has 0 unspecified atom stereocenters. The summed E-state index contributed by atoms with van der Waals surface area (Å²) in [6.07, 6.45) is 0.755. The number of nitrogens with zero attached hydrogens (tertiary/aromatic N) is 2. The molecule has 1 aliphatic rings. The van der Waals surface area contributed by atoms with E-state index in [1.807, 2.05) is 0 Å². The third kappa shape index (κ3) is 3.65. The Hall–Kier alpha value is -3.07. The van der Waals surface area contributed by atoms with Gasteiger partial charge in [0.25, 0.3) is 5.56 Å². The summed E-state index contributed by atoms with van der Waals surface area (Å²) in [6, 6.07) is 9.70. The quantitative estimate of drug-likeness (QED) is 0.656. The van der Waals surface area contributed by atoms with E-state index in [0.717, 1.165) is 0 Å². The second-order valence-electron chi connectivity index (χ2n) is 6.69. The molecule has 1 aliphatic heterocycles. The van der Waals surface area contributed by atoms with Gasteiger partial charge in [-0.2, -0.15) is 0 Å². The van der Waals surface area contributed by atoms with Crippen molar-refractivity contribution in [1.29, 1.82) is 0 Å². The van der Waals surface area contributed by atoms with Gasteiger partial charge < -0.3 is 19.0 Å². The summed E-state index contributed by atoms with van der Waals surface area (Å²) in [7, 11) is 0. The van der Waals surface area contributed by atoms with Gasteiger partial charge >= 0.3 is 5.97 Å². The Labute approximate surface area is 170 Å². The zero-order valence-corrected chi connectivity index (χ0v) is 16.6. The standard InChI is InChI=1S/C20H19N3O5S/c1-11(17-21-14-7-4-3-6-13(14)18(25)22-17)28-20(26)15-10-29-19(23(15)12(2)24)16-8-5-9-27-16/h3-9,11,15,19H,10H2,1-2H3,(H,21,22,25)/t11-,15-,19+/m0/s1. The molecule has 4 rings (SSSR count). The minimum atomic E-state index is -0.777. The number of carbonyl (C=O) groups excluding carboxylic acids is 2. The molecule has 150 valence electrons. The van der Waals surface area contributed by atoms with Crippen LogP contribution in [0.3, 0.4) is 0 Å². The first kappa shape index (κ1) is 19.3. The van der Waals surface area contributed by atoms with E-state index in [2.05, 4.69) is 9.97 Å². The monoisotopic (exact) mass is 413 g/mol. The number of aromatic amines is 1. The second kappa shape index (κ2) is 7.75. The fraction of sp³-hybridized carbons (Fsp3) is 0.300. The molecular formula is C20H19N3O5S. The van der Waals surface area contributed by atoms with Crippen LogP contribution in [-0.2, 0) is 14.3 Å². The fourth-order valence-corrected chi connectivity index (χ4v) is 4.74. The first-order chi connectivity index (χ1) is 14.0. The van der Waals surface area contributed by atoms with Gasteiger partial charge in [0.05, 0.1) is 17.2 Å². The number of hydrogen-bond acceptors (Lipinski definition) is 7. The number of amides is 1. The van der Waals surface area contributed by atoms with Crippen molar-refractivity contribution in [3.05, 3.63) is 64.6 Å². The maximum Gasteiger partial charge on any atom is 0.330 e. The number of para-hydroxylation sites is 1. The molecule has 0 saturated carbocycles. The van der Waals surface area contributed by atoms with Crippen molar-refractivity contribution in [3.8, 4) is 0 Å². The van der Waals surface area contributed by atoms with Gasteiger partial charge in [0, 0.05) is 12.7 Å². The number of ether oxygens (including phenoxy) is 1. The van der Waals surface area contributed by atoms with Gasteiger partial charge in [0.2, 0.25) is 5.91 Å². The number of carbonyl (C=O) groups is 2. The zero-order chi connectivity index (χ0) is 20.5. The molecule has 2 aromatic heterocycles. The Balaban J connectivity index is 1.54. The van der Waals surface area contributed by atoms with Gasteiger partial charge in [-0.15, -0.1) is 11.8 Å². The summed E-state index contributed by atoms with van der Waals surface area (Å²) in [4.78, 5) is 45.8. The van der Waals surface area contributed by atoms with Crippen LogP contribution in [0, 0.1) is 0 Å². The van der Waals surface area contributed by atoms with E-state index < -0.39 is 18.1 Å². The highest BCUT2D eigenvalue weighted by Crippen LogP contribution is 2.42. The maximum atomic E-state index is 12.8. The van der Waals surface area contributed by atoms with Crippen molar-refractivity contribution in [1.82, 2.24) is 14.9 Å². The Kier molecular flexibility index (Phi) is 5.14. The van der Waals surface area contributed by atoms with Crippen LogP contribution < -0.4 is 5.56 Å². The Morgan fingerprint density at radius 3 is 2.83 bits per heavy atom. The normalized spacial score (nSPS) is 20.0. The molecule has 0 aliphatic carbocycles. The maximum absolute atomic E-state index is 12.8. The number of benzene rings is 1. The number of fused-ring (bicyclic) bond motifs is 1. The van der Waals surface area contributed by atoms with Gasteiger partial charge in [-0.25, -0.2) is 9.78 Å². The first-order valence-electron chi connectivity index (χ1n) is 9.09. The predicted molar refractivity (Wildman–Crippen MR) is 107 cm³/mol. The second-order valence-corrected chi connectivity index (χ2v) is 7.80. The van der Waals surface area contributed by atoms with Gasteiger partial charge in [-0.3, -0.25) is 9.59 Å². The molecule has 0 spiro atoms. The van der Waals surface area contributed by atoms with Crippen molar-refractivity contribution in [2.75, 3.05) is 5.75 Å². The lowest BCUT2D eigenvalue weighted by Crippen LogP contribution is -2.43. The molecule has 3 atom stereocenters.